The van der Waals surface area contributed by atoms with E-state index in [9.17, 15) is 4.79 Å². The predicted octanol–water partition coefficient (Wildman–Crippen LogP) is 2.08. The van der Waals surface area contributed by atoms with Gasteiger partial charge in [-0.3, -0.25) is 9.78 Å². The van der Waals surface area contributed by atoms with E-state index in [-0.39, 0.29) is 5.91 Å². The third-order valence-corrected chi connectivity index (χ3v) is 4.28. The molecular weight excluding hydrogens is 310 g/mol. The number of pyridine rings is 1. The van der Waals surface area contributed by atoms with Crippen molar-refractivity contribution in [3.8, 4) is 0 Å². The second-order valence-corrected chi connectivity index (χ2v) is 6.89. The number of nitrogens with zero attached hydrogens (tertiary/aromatic N) is 4. The molecule has 0 saturated heterocycles. The highest BCUT2D eigenvalue weighted by atomic mass is 32.2. The molecule has 2 rings (SSSR count). The summed E-state index contributed by atoms with van der Waals surface area (Å²) >= 11 is 1.69. The molecule has 124 valence electrons. The van der Waals surface area contributed by atoms with E-state index in [1.165, 1.54) is 5.56 Å². The Bertz CT molecular complexity index is 627. The topological polar surface area (TPSA) is 86.7 Å². The molecule has 7 heteroatoms. The van der Waals surface area contributed by atoms with Crippen molar-refractivity contribution in [2.24, 2.45) is 11.7 Å². The molecule has 2 N–H and O–H groups in total. The van der Waals surface area contributed by atoms with Crippen molar-refractivity contribution in [3.05, 3.63) is 35.9 Å². The van der Waals surface area contributed by atoms with Crippen molar-refractivity contribution in [1.29, 1.82) is 0 Å². The molecular formula is C16H23N5OS. The van der Waals surface area contributed by atoms with Crippen molar-refractivity contribution in [3.63, 3.8) is 0 Å². The van der Waals surface area contributed by atoms with Crippen LogP contribution in [-0.4, -0.2) is 31.4 Å². The molecule has 0 aromatic carbocycles. The molecule has 23 heavy (non-hydrogen) atoms. The molecule has 0 saturated carbocycles. The molecule has 0 aliphatic heterocycles. The summed E-state index contributed by atoms with van der Waals surface area (Å²) in [7, 11) is 0. The minimum Gasteiger partial charge on any atom is -0.370 e. The third kappa shape index (κ3) is 5.67. The second-order valence-electron chi connectivity index (χ2n) is 5.82. The first-order valence-corrected chi connectivity index (χ1v) is 8.77. The molecule has 2 heterocycles. The van der Waals surface area contributed by atoms with E-state index in [4.69, 9.17) is 5.73 Å². The highest BCUT2D eigenvalue weighted by Gasteiger charge is 2.14. The number of aromatic nitrogens is 4. The van der Waals surface area contributed by atoms with Crippen LogP contribution in [0.3, 0.4) is 0 Å². The molecule has 0 aliphatic carbocycles. The summed E-state index contributed by atoms with van der Waals surface area (Å²) in [6, 6.07) is 4.05. The first kappa shape index (κ1) is 17.5. The van der Waals surface area contributed by atoms with Crippen LogP contribution in [0.4, 0.5) is 0 Å². The lowest BCUT2D eigenvalue weighted by Gasteiger charge is -2.12. The molecule has 0 radical (unpaired) electrons. The zero-order chi connectivity index (χ0) is 16.7. The monoisotopic (exact) mass is 333 g/mol. The number of carbonyl (C=O) groups is 1. The summed E-state index contributed by atoms with van der Waals surface area (Å²) in [5.74, 6) is 1.94. The van der Waals surface area contributed by atoms with Gasteiger partial charge in [0.15, 0.2) is 5.16 Å². The maximum Gasteiger partial charge on any atom is 0.217 e. The minimum atomic E-state index is -0.309. The van der Waals surface area contributed by atoms with Gasteiger partial charge in [-0.2, -0.15) is 0 Å². The summed E-state index contributed by atoms with van der Waals surface area (Å²) in [6.45, 7) is 5.16. The summed E-state index contributed by atoms with van der Waals surface area (Å²) in [5.41, 5.74) is 6.50. The van der Waals surface area contributed by atoms with Crippen LogP contribution in [0.25, 0.3) is 0 Å². The van der Waals surface area contributed by atoms with Crippen LogP contribution in [0, 0.1) is 5.92 Å². The fraction of sp³-hybridized carbons (Fsp3) is 0.500. The minimum absolute atomic E-state index is 0.303. The summed E-state index contributed by atoms with van der Waals surface area (Å²) < 4.78 is 2.12. The van der Waals surface area contributed by atoms with E-state index >= 15 is 0 Å². The summed E-state index contributed by atoms with van der Waals surface area (Å²) in [5, 5.41) is 9.44. The second kappa shape index (κ2) is 8.67. The maximum atomic E-state index is 11.0. The van der Waals surface area contributed by atoms with Crippen LogP contribution in [0.1, 0.15) is 31.7 Å². The van der Waals surface area contributed by atoms with E-state index in [1.54, 1.807) is 11.8 Å². The predicted molar refractivity (Wildman–Crippen MR) is 91.0 cm³/mol. The Morgan fingerprint density at radius 3 is 2.65 bits per heavy atom. The number of primary amides is 1. The fourth-order valence-electron chi connectivity index (χ4n) is 2.20. The maximum absolute atomic E-state index is 11.0. The number of carbonyl (C=O) groups excluding carboxylic acids is 1. The van der Waals surface area contributed by atoms with Gasteiger partial charge in [0.05, 0.1) is 0 Å². The van der Waals surface area contributed by atoms with E-state index in [2.05, 4.69) is 33.6 Å². The van der Waals surface area contributed by atoms with Gasteiger partial charge in [0.1, 0.15) is 5.82 Å². The van der Waals surface area contributed by atoms with Crippen molar-refractivity contribution in [1.82, 2.24) is 19.7 Å². The number of hydrogen-bond acceptors (Lipinski definition) is 5. The van der Waals surface area contributed by atoms with Crippen molar-refractivity contribution in [2.45, 2.75) is 44.8 Å². The molecule has 2 aromatic heterocycles. The lowest BCUT2D eigenvalue weighted by atomic mass is 10.2. The Balaban J connectivity index is 2.00. The Kier molecular flexibility index (Phi) is 6.58. The van der Waals surface area contributed by atoms with Gasteiger partial charge in [-0.05, 0) is 30.0 Å². The first-order valence-electron chi connectivity index (χ1n) is 7.78. The van der Waals surface area contributed by atoms with Gasteiger partial charge in [-0.25, -0.2) is 0 Å². The normalized spacial score (nSPS) is 11.1. The zero-order valence-electron chi connectivity index (χ0n) is 13.6. The van der Waals surface area contributed by atoms with Crippen LogP contribution in [0.5, 0.6) is 0 Å². The third-order valence-electron chi connectivity index (χ3n) is 3.31. The van der Waals surface area contributed by atoms with Gasteiger partial charge in [-0.1, -0.05) is 25.6 Å². The number of aryl methyl sites for hydroxylation is 2. The van der Waals surface area contributed by atoms with E-state index in [0.717, 1.165) is 29.7 Å². The molecule has 1 amide bonds. The largest absolute Gasteiger partial charge is 0.370 e. The quantitative estimate of drug-likeness (QED) is 0.710. The number of thioether (sulfide) groups is 1. The smallest absolute Gasteiger partial charge is 0.217 e. The zero-order valence-corrected chi connectivity index (χ0v) is 14.4. The molecule has 0 spiro atoms. The Labute approximate surface area is 140 Å². The summed E-state index contributed by atoms with van der Waals surface area (Å²) in [4.78, 5) is 15.0. The van der Waals surface area contributed by atoms with Crippen molar-refractivity contribution in [2.75, 3.05) is 5.75 Å². The molecule has 0 unspecified atom stereocenters. The average molecular weight is 333 g/mol. The Morgan fingerprint density at radius 2 is 2.00 bits per heavy atom. The molecule has 0 bridgehead atoms. The lowest BCUT2D eigenvalue weighted by molar-refractivity contribution is -0.118. The molecule has 0 atom stereocenters. The highest BCUT2D eigenvalue weighted by molar-refractivity contribution is 7.99. The van der Waals surface area contributed by atoms with Gasteiger partial charge in [0, 0.05) is 37.5 Å². The van der Waals surface area contributed by atoms with Crippen molar-refractivity contribution < 1.29 is 4.79 Å². The van der Waals surface area contributed by atoms with Crippen molar-refractivity contribution >= 4 is 17.7 Å². The number of rotatable bonds is 9. The first-order chi connectivity index (χ1) is 11.1. The van der Waals surface area contributed by atoms with Crippen LogP contribution in [0.15, 0.2) is 29.7 Å². The highest BCUT2D eigenvalue weighted by Crippen LogP contribution is 2.20. The molecule has 0 aliphatic rings. The van der Waals surface area contributed by atoms with Crippen LogP contribution >= 0.6 is 11.8 Å². The van der Waals surface area contributed by atoms with Gasteiger partial charge in [-0.15, -0.1) is 10.2 Å². The Hall–Kier alpha value is -1.89. The van der Waals surface area contributed by atoms with Gasteiger partial charge in [0.25, 0.3) is 0 Å². The van der Waals surface area contributed by atoms with Crippen LogP contribution in [-0.2, 0) is 24.2 Å². The van der Waals surface area contributed by atoms with E-state index in [0.29, 0.717) is 18.8 Å². The Morgan fingerprint density at radius 1 is 1.26 bits per heavy atom. The SMILES string of the molecule is CC(C)Cn1c(CCC(N)=O)nnc1SCCc1ccncc1. The molecule has 6 nitrogen and oxygen atoms in total. The average Bonchev–Trinajstić information content (AvgIpc) is 2.88. The number of nitrogens with two attached hydrogens (primary N) is 1. The number of hydrogen-bond donors (Lipinski definition) is 1. The fourth-order valence-corrected chi connectivity index (χ4v) is 3.16. The molecule has 0 fully saturated rings. The molecule has 2 aromatic rings. The van der Waals surface area contributed by atoms with Crippen LogP contribution < -0.4 is 5.73 Å². The standard InChI is InChI=1S/C16H23N5OS/c1-12(2)11-21-15(4-3-14(17)22)19-20-16(21)23-10-7-13-5-8-18-9-6-13/h5-6,8-9,12H,3-4,7,10-11H2,1-2H3,(H2,17,22). The van der Waals surface area contributed by atoms with Gasteiger partial charge < -0.3 is 10.3 Å². The number of amides is 1. The van der Waals surface area contributed by atoms with E-state index in [1.807, 2.05) is 24.5 Å². The van der Waals surface area contributed by atoms with Gasteiger partial charge >= 0.3 is 0 Å². The lowest BCUT2D eigenvalue weighted by Crippen LogP contribution is -2.15. The van der Waals surface area contributed by atoms with Gasteiger partial charge in [0.2, 0.25) is 5.91 Å². The van der Waals surface area contributed by atoms with E-state index < -0.39 is 0 Å². The summed E-state index contributed by atoms with van der Waals surface area (Å²) in [6.07, 6.45) is 5.42. The van der Waals surface area contributed by atoms with Crippen LogP contribution in [0.2, 0.25) is 0 Å².